The number of halogens is 1. The van der Waals surface area contributed by atoms with Crippen LogP contribution in [0.4, 0.5) is 4.39 Å². The molecule has 1 aromatic heterocycles. The molecule has 0 saturated heterocycles. The third kappa shape index (κ3) is 1.65. The SMILES string of the molecule is CC1(C)c2cc(F)c[c-]c2-c2ncccc21.[Ir]. The van der Waals surface area contributed by atoms with E-state index in [9.17, 15) is 4.39 Å². The summed E-state index contributed by atoms with van der Waals surface area (Å²) < 4.78 is 13.3. The zero-order valence-corrected chi connectivity index (χ0v) is 11.9. The smallest absolute Gasteiger partial charge is 0.0382 e. The Morgan fingerprint density at radius 3 is 2.82 bits per heavy atom. The normalized spacial score (nSPS) is 14.8. The maximum atomic E-state index is 13.3. The number of benzene rings is 1. The predicted octanol–water partition coefficient (Wildman–Crippen LogP) is 3.32. The van der Waals surface area contributed by atoms with Gasteiger partial charge in [0.2, 0.25) is 0 Å². The minimum Gasteiger partial charge on any atom is -0.304 e. The van der Waals surface area contributed by atoms with Gasteiger partial charge in [0.25, 0.3) is 0 Å². The molecule has 89 valence electrons. The van der Waals surface area contributed by atoms with Gasteiger partial charge in [-0.1, -0.05) is 25.5 Å². The summed E-state index contributed by atoms with van der Waals surface area (Å²) in [5.74, 6) is -0.236. The van der Waals surface area contributed by atoms with Crippen LogP contribution in [0.15, 0.2) is 30.5 Å². The van der Waals surface area contributed by atoms with Crippen LogP contribution < -0.4 is 0 Å². The molecule has 1 aromatic carbocycles. The maximum Gasteiger partial charge on any atom is 0.0382 e. The zero-order valence-electron chi connectivity index (χ0n) is 9.55. The standard InChI is InChI=1S/C14H11FN.Ir/c1-14(2)11-4-3-7-16-13(11)10-6-5-9(15)8-12(10)14;/h3-5,7-8H,1-2H3;/q-1;. The summed E-state index contributed by atoms with van der Waals surface area (Å²) in [5.41, 5.74) is 3.80. The van der Waals surface area contributed by atoms with Gasteiger partial charge in [-0.2, -0.15) is 0 Å². The summed E-state index contributed by atoms with van der Waals surface area (Å²) >= 11 is 0. The fraction of sp³-hybridized carbons (Fsp3) is 0.214. The third-order valence-electron chi connectivity index (χ3n) is 3.30. The van der Waals surface area contributed by atoms with Crippen LogP contribution in [0, 0.1) is 11.9 Å². The minimum absolute atomic E-state index is 0. The second-order valence-corrected chi connectivity index (χ2v) is 4.63. The molecule has 0 saturated carbocycles. The summed E-state index contributed by atoms with van der Waals surface area (Å²) in [6.07, 6.45) is 1.77. The molecule has 3 rings (SSSR count). The number of rotatable bonds is 0. The van der Waals surface area contributed by atoms with Gasteiger partial charge >= 0.3 is 0 Å². The first-order valence-electron chi connectivity index (χ1n) is 5.28. The van der Waals surface area contributed by atoms with Crippen molar-refractivity contribution >= 4 is 0 Å². The average Bonchev–Trinajstić information content (AvgIpc) is 2.49. The van der Waals surface area contributed by atoms with E-state index in [2.05, 4.69) is 24.9 Å². The number of pyridine rings is 1. The Morgan fingerprint density at radius 2 is 2.06 bits per heavy atom. The maximum absolute atomic E-state index is 13.3. The van der Waals surface area contributed by atoms with Crippen LogP contribution in [0.1, 0.15) is 25.0 Å². The Labute approximate surface area is 113 Å². The van der Waals surface area contributed by atoms with Crippen LogP contribution in [0.5, 0.6) is 0 Å². The number of hydrogen-bond donors (Lipinski definition) is 0. The van der Waals surface area contributed by atoms with Crippen molar-refractivity contribution in [2.75, 3.05) is 0 Å². The van der Waals surface area contributed by atoms with Gasteiger partial charge in [-0.3, -0.25) is 4.39 Å². The second-order valence-electron chi connectivity index (χ2n) is 4.63. The molecule has 1 nitrogen and oxygen atoms in total. The van der Waals surface area contributed by atoms with E-state index < -0.39 is 0 Å². The molecule has 1 heterocycles. The van der Waals surface area contributed by atoms with Crippen molar-refractivity contribution in [1.29, 1.82) is 0 Å². The van der Waals surface area contributed by atoms with Crippen molar-refractivity contribution in [3.63, 3.8) is 0 Å². The molecule has 0 unspecified atom stereocenters. The van der Waals surface area contributed by atoms with E-state index in [4.69, 9.17) is 0 Å². The first-order valence-corrected chi connectivity index (χ1v) is 5.28. The number of fused-ring (bicyclic) bond motifs is 3. The van der Waals surface area contributed by atoms with Gasteiger partial charge in [-0.05, 0) is 17.2 Å². The van der Waals surface area contributed by atoms with E-state index in [0.717, 1.165) is 22.4 Å². The van der Waals surface area contributed by atoms with Crippen molar-refractivity contribution < 1.29 is 24.5 Å². The first kappa shape index (κ1) is 12.4. The summed E-state index contributed by atoms with van der Waals surface area (Å²) in [6, 6.07) is 9.93. The molecule has 0 spiro atoms. The van der Waals surface area contributed by atoms with Gasteiger partial charge < -0.3 is 4.98 Å². The van der Waals surface area contributed by atoms with Crippen LogP contribution in [0.25, 0.3) is 11.3 Å². The fourth-order valence-corrected chi connectivity index (χ4v) is 2.41. The van der Waals surface area contributed by atoms with E-state index in [1.54, 1.807) is 12.3 Å². The molecule has 3 heteroatoms. The van der Waals surface area contributed by atoms with Crippen molar-refractivity contribution in [1.82, 2.24) is 4.98 Å². The van der Waals surface area contributed by atoms with E-state index in [0.29, 0.717) is 0 Å². The monoisotopic (exact) mass is 405 g/mol. The Bertz CT molecular complexity index is 578. The van der Waals surface area contributed by atoms with Gasteiger partial charge in [-0.15, -0.1) is 29.3 Å². The molecule has 1 radical (unpaired) electrons. The van der Waals surface area contributed by atoms with Crippen LogP contribution in [0.2, 0.25) is 0 Å². The Morgan fingerprint density at radius 1 is 1.29 bits per heavy atom. The Balaban J connectivity index is 0.00000108. The second kappa shape index (κ2) is 4.01. The molecule has 17 heavy (non-hydrogen) atoms. The van der Waals surface area contributed by atoms with Crippen molar-refractivity contribution in [2.24, 2.45) is 0 Å². The quantitative estimate of drug-likeness (QED) is 0.614. The molecule has 0 fully saturated rings. The Hall–Kier alpha value is -1.05. The van der Waals surface area contributed by atoms with Gasteiger partial charge in [0.05, 0.1) is 0 Å². The van der Waals surface area contributed by atoms with E-state index in [1.807, 2.05) is 12.1 Å². The summed E-state index contributed by atoms with van der Waals surface area (Å²) in [6.45, 7) is 4.18. The molecule has 1 aliphatic rings. The van der Waals surface area contributed by atoms with Crippen LogP contribution in [-0.4, -0.2) is 4.98 Å². The van der Waals surface area contributed by atoms with Gasteiger partial charge in [-0.25, -0.2) is 0 Å². The molecule has 2 aromatic rings. The summed E-state index contributed by atoms with van der Waals surface area (Å²) in [5, 5.41) is 0. The zero-order chi connectivity index (χ0) is 11.3. The van der Waals surface area contributed by atoms with Gasteiger partial charge in [0, 0.05) is 32.1 Å². The predicted molar refractivity (Wildman–Crippen MR) is 60.6 cm³/mol. The van der Waals surface area contributed by atoms with Gasteiger partial charge in [0.1, 0.15) is 0 Å². The van der Waals surface area contributed by atoms with Crippen LogP contribution >= 0.6 is 0 Å². The third-order valence-corrected chi connectivity index (χ3v) is 3.30. The van der Waals surface area contributed by atoms with Gasteiger partial charge in [0.15, 0.2) is 0 Å². The van der Waals surface area contributed by atoms with E-state index in [-0.39, 0.29) is 31.3 Å². The number of aromatic nitrogens is 1. The largest absolute Gasteiger partial charge is 0.304 e. The van der Waals surface area contributed by atoms with Crippen LogP contribution in [0.3, 0.4) is 0 Å². The van der Waals surface area contributed by atoms with Crippen molar-refractivity contribution in [3.05, 3.63) is 53.5 Å². The summed E-state index contributed by atoms with van der Waals surface area (Å²) in [7, 11) is 0. The molecule has 0 N–H and O–H groups in total. The molecule has 0 aliphatic heterocycles. The summed E-state index contributed by atoms with van der Waals surface area (Å²) in [4.78, 5) is 4.37. The van der Waals surface area contributed by atoms with Crippen LogP contribution in [-0.2, 0) is 25.5 Å². The average molecular weight is 404 g/mol. The molecule has 1 aliphatic carbocycles. The molecule has 0 amide bonds. The molecular formula is C14H11FIrN-. The molecular weight excluding hydrogens is 393 g/mol. The van der Waals surface area contributed by atoms with E-state index in [1.165, 1.54) is 6.07 Å². The fourth-order valence-electron chi connectivity index (χ4n) is 2.41. The number of hydrogen-bond acceptors (Lipinski definition) is 1. The van der Waals surface area contributed by atoms with E-state index >= 15 is 0 Å². The first-order chi connectivity index (χ1) is 7.60. The number of nitrogens with zero attached hydrogens (tertiary/aromatic N) is 1. The topological polar surface area (TPSA) is 12.9 Å². The van der Waals surface area contributed by atoms with Crippen molar-refractivity contribution in [2.45, 2.75) is 19.3 Å². The Kier molecular flexibility index (Phi) is 2.92. The molecule has 0 bridgehead atoms. The molecule has 0 atom stereocenters. The van der Waals surface area contributed by atoms with Crippen molar-refractivity contribution in [3.8, 4) is 11.3 Å². The minimum atomic E-state index is -0.236.